The Balaban J connectivity index is 1.87. The zero-order valence-corrected chi connectivity index (χ0v) is 20.1. The van der Waals surface area contributed by atoms with E-state index in [-0.39, 0.29) is 5.91 Å². The zero-order chi connectivity index (χ0) is 22.5. The van der Waals surface area contributed by atoms with E-state index in [1.165, 1.54) is 5.56 Å². The van der Waals surface area contributed by atoms with E-state index in [1.54, 1.807) is 6.07 Å². The molecule has 0 unspecified atom stereocenters. The Kier molecular flexibility index (Phi) is 7.28. The predicted octanol–water partition coefficient (Wildman–Crippen LogP) is 5.32. The maximum absolute atomic E-state index is 12.9. The Morgan fingerprint density at radius 3 is 2.39 bits per heavy atom. The number of rotatable bonds is 5. The number of nitrogens with one attached hydrogen (secondary N) is 2. The van der Waals surface area contributed by atoms with E-state index in [1.807, 2.05) is 55.9 Å². The summed E-state index contributed by atoms with van der Waals surface area (Å²) in [6.45, 7) is 8.71. The standard InChI is InChI=1S/C24H28BrN5O/c1-15(2)18-10-12-19(13-11-18)27-24(26-14-21-16(3)29-30(5)17(21)4)28-23(31)20-8-6-7-9-22(20)25/h6-13,15H,14H2,1-5H3,(H2,26,27,28,31). The van der Waals surface area contributed by atoms with Crippen LogP contribution in [0.25, 0.3) is 0 Å². The summed E-state index contributed by atoms with van der Waals surface area (Å²) >= 11 is 3.44. The van der Waals surface area contributed by atoms with Crippen LogP contribution < -0.4 is 10.6 Å². The molecule has 0 aliphatic heterocycles. The van der Waals surface area contributed by atoms with Gasteiger partial charge in [0.15, 0.2) is 0 Å². The Bertz CT molecular complexity index is 1100. The number of aliphatic imine (C=N–C) groups is 1. The highest BCUT2D eigenvalue weighted by Crippen LogP contribution is 2.19. The highest BCUT2D eigenvalue weighted by atomic mass is 79.9. The second kappa shape index (κ2) is 9.92. The number of hydrogen-bond donors (Lipinski definition) is 2. The number of aromatic nitrogens is 2. The molecule has 1 heterocycles. The molecule has 7 heteroatoms. The summed E-state index contributed by atoms with van der Waals surface area (Å²) in [7, 11) is 1.92. The largest absolute Gasteiger partial charge is 0.326 e. The Morgan fingerprint density at radius 2 is 1.81 bits per heavy atom. The number of guanidine groups is 1. The second-order valence-electron chi connectivity index (χ2n) is 7.77. The van der Waals surface area contributed by atoms with E-state index in [9.17, 15) is 4.79 Å². The monoisotopic (exact) mass is 481 g/mol. The van der Waals surface area contributed by atoms with Crippen LogP contribution in [0.1, 0.15) is 52.6 Å². The third kappa shape index (κ3) is 5.61. The van der Waals surface area contributed by atoms with Crippen molar-refractivity contribution in [2.24, 2.45) is 12.0 Å². The van der Waals surface area contributed by atoms with Gasteiger partial charge >= 0.3 is 0 Å². The number of halogens is 1. The number of carbonyl (C=O) groups excluding carboxylic acids is 1. The Hall–Kier alpha value is -2.93. The van der Waals surface area contributed by atoms with Gasteiger partial charge in [0.2, 0.25) is 5.96 Å². The van der Waals surface area contributed by atoms with Crippen molar-refractivity contribution in [3.63, 3.8) is 0 Å². The Labute approximate surface area is 191 Å². The third-order valence-corrected chi connectivity index (χ3v) is 5.94. The van der Waals surface area contributed by atoms with Gasteiger partial charge in [-0.15, -0.1) is 0 Å². The summed E-state index contributed by atoms with van der Waals surface area (Å²) in [5.74, 6) is 0.603. The van der Waals surface area contributed by atoms with Gasteiger partial charge in [-0.05, 0) is 65.5 Å². The van der Waals surface area contributed by atoms with Crippen LogP contribution in [0.3, 0.4) is 0 Å². The minimum absolute atomic E-state index is 0.239. The molecule has 3 rings (SSSR count). The van der Waals surface area contributed by atoms with E-state index in [0.29, 0.717) is 24.0 Å². The molecule has 162 valence electrons. The fourth-order valence-corrected chi connectivity index (χ4v) is 3.69. The Morgan fingerprint density at radius 1 is 1.13 bits per heavy atom. The van der Waals surface area contributed by atoms with Crippen LogP contribution in [0, 0.1) is 13.8 Å². The lowest BCUT2D eigenvalue weighted by Crippen LogP contribution is -2.36. The molecule has 1 aromatic heterocycles. The van der Waals surface area contributed by atoms with Crippen molar-refractivity contribution < 1.29 is 4.79 Å². The van der Waals surface area contributed by atoms with Gasteiger partial charge < -0.3 is 5.32 Å². The molecule has 0 atom stereocenters. The number of aryl methyl sites for hydroxylation is 2. The molecule has 0 fully saturated rings. The summed E-state index contributed by atoms with van der Waals surface area (Å²) in [6, 6.07) is 15.5. The van der Waals surface area contributed by atoms with Crippen LogP contribution in [0.15, 0.2) is 58.0 Å². The highest BCUT2D eigenvalue weighted by Gasteiger charge is 2.14. The lowest BCUT2D eigenvalue weighted by atomic mass is 10.0. The maximum atomic E-state index is 12.9. The lowest BCUT2D eigenvalue weighted by Gasteiger charge is -2.14. The van der Waals surface area contributed by atoms with Gasteiger partial charge in [0.1, 0.15) is 0 Å². The predicted molar refractivity (Wildman–Crippen MR) is 130 cm³/mol. The van der Waals surface area contributed by atoms with Crippen molar-refractivity contribution in [2.45, 2.75) is 40.2 Å². The molecule has 0 radical (unpaired) electrons. The average Bonchev–Trinajstić information content (AvgIpc) is 2.98. The molecule has 2 N–H and O–H groups in total. The van der Waals surface area contributed by atoms with Crippen LogP contribution in [0.4, 0.5) is 5.69 Å². The molecule has 0 spiro atoms. The second-order valence-corrected chi connectivity index (χ2v) is 8.63. The molecule has 6 nitrogen and oxygen atoms in total. The molecule has 0 bridgehead atoms. The third-order valence-electron chi connectivity index (χ3n) is 5.24. The SMILES string of the molecule is Cc1nn(C)c(C)c1CN=C(NC(=O)c1ccccc1Br)Nc1ccc(C(C)C)cc1. The van der Waals surface area contributed by atoms with Crippen molar-refractivity contribution in [1.29, 1.82) is 0 Å². The molecule has 0 aliphatic rings. The minimum Gasteiger partial charge on any atom is -0.326 e. The first kappa shape index (κ1) is 22.7. The fourth-order valence-electron chi connectivity index (χ4n) is 3.22. The average molecular weight is 482 g/mol. The maximum Gasteiger partial charge on any atom is 0.259 e. The van der Waals surface area contributed by atoms with E-state index in [0.717, 1.165) is 27.1 Å². The molecular weight excluding hydrogens is 454 g/mol. The van der Waals surface area contributed by atoms with Crippen molar-refractivity contribution >= 4 is 33.5 Å². The zero-order valence-electron chi connectivity index (χ0n) is 18.5. The van der Waals surface area contributed by atoms with Gasteiger partial charge in [-0.3, -0.25) is 14.8 Å². The van der Waals surface area contributed by atoms with Gasteiger partial charge in [-0.1, -0.05) is 38.1 Å². The molecular formula is C24H28BrN5O. The number of amides is 1. The van der Waals surface area contributed by atoms with E-state index < -0.39 is 0 Å². The van der Waals surface area contributed by atoms with Gasteiger partial charge in [-0.25, -0.2) is 4.99 Å². The van der Waals surface area contributed by atoms with Crippen LogP contribution in [0.2, 0.25) is 0 Å². The molecule has 2 aromatic carbocycles. The molecule has 1 amide bonds. The molecule has 0 saturated heterocycles. The molecule has 0 aliphatic carbocycles. The first-order valence-electron chi connectivity index (χ1n) is 10.2. The minimum atomic E-state index is -0.239. The summed E-state index contributed by atoms with van der Waals surface area (Å²) < 4.78 is 2.57. The number of hydrogen-bond acceptors (Lipinski definition) is 3. The fraction of sp³-hybridized carbons (Fsp3) is 0.292. The van der Waals surface area contributed by atoms with Crippen molar-refractivity contribution in [2.75, 3.05) is 5.32 Å². The van der Waals surface area contributed by atoms with E-state index >= 15 is 0 Å². The number of carbonyl (C=O) groups is 1. The summed E-state index contributed by atoms with van der Waals surface area (Å²) in [4.78, 5) is 17.6. The van der Waals surface area contributed by atoms with Gasteiger partial charge in [0, 0.05) is 28.5 Å². The van der Waals surface area contributed by atoms with Crippen molar-refractivity contribution in [3.05, 3.63) is 81.1 Å². The lowest BCUT2D eigenvalue weighted by molar-refractivity contribution is 0.0976. The molecule has 0 saturated carbocycles. The van der Waals surface area contributed by atoms with Crippen LogP contribution in [-0.2, 0) is 13.6 Å². The number of nitrogens with zero attached hydrogens (tertiary/aromatic N) is 3. The van der Waals surface area contributed by atoms with Gasteiger partial charge in [-0.2, -0.15) is 5.10 Å². The topological polar surface area (TPSA) is 71.3 Å². The summed E-state index contributed by atoms with van der Waals surface area (Å²) in [6.07, 6.45) is 0. The van der Waals surface area contributed by atoms with Gasteiger partial charge in [0.25, 0.3) is 5.91 Å². The van der Waals surface area contributed by atoms with Crippen LogP contribution in [0.5, 0.6) is 0 Å². The quantitative estimate of drug-likeness (QED) is 0.382. The molecule has 3 aromatic rings. The van der Waals surface area contributed by atoms with Gasteiger partial charge in [0.05, 0.1) is 17.8 Å². The highest BCUT2D eigenvalue weighted by molar-refractivity contribution is 9.10. The number of anilines is 1. The first-order chi connectivity index (χ1) is 14.8. The summed E-state index contributed by atoms with van der Waals surface area (Å²) in [5.41, 5.74) is 5.69. The van der Waals surface area contributed by atoms with Crippen molar-refractivity contribution in [1.82, 2.24) is 15.1 Å². The molecule has 31 heavy (non-hydrogen) atoms. The van der Waals surface area contributed by atoms with Crippen molar-refractivity contribution in [3.8, 4) is 0 Å². The first-order valence-corrected chi connectivity index (χ1v) is 11.0. The van der Waals surface area contributed by atoms with Crippen LogP contribution >= 0.6 is 15.9 Å². The summed E-state index contributed by atoms with van der Waals surface area (Å²) in [5, 5.41) is 10.6. The van der Waals surface area contributed by atoms with E-state index in [4.69, 9.17) is 0 Å². The van der Waals surface area contributed by atoms with Crippen LogP contribution in [-0.4, -0.2) is 21.6 Å². The normalized spacial score (nSPS) is 11.6. The van der Waals surface area contributed by atoms with E-state index in [2.05, 4.69) is 62.6 Å². The number of benzene rings is 2. The smallest absolute Gasteiger partial charge is 0.259 e.